The summed E-state index contributed by atoms with van der Waals surface area (Å²) in [5.74, 6) is 0. The van der Waals surface area contributed by atoms with E-state index in [0.29, 0.717) is 21.4 Å². The van der Waals surface area contributed by atoms with Crippen molar-refractivity contribution in [2.24, 2.45) is 0 Å². The maximum Gasteiger partial charge on any atom is 0.433 e. The summed E-state index contributed by atoms with van der Waals surface area (Å²) in [6.07, 6.45) is -3.11. The molecule has 1 aromatic carbocycles. The average molecular weight is 336 g/mol. The molecule has 0 radical (unpaired) electrons. The molecule has 0 fully saturated rings. The summed E-state index contributed by atoms with van der Waals surface area (Å²) < 4.78 is 40.7. The van der Waals surface area contributed by atoms with Gasteiger partial charge in [-0.3, -0.25) is 9.36 Å². The number of aromatic nitrogens is 4. The quantitative estimate of drug-likeness (QED) is 0.580. The Bertz CT molecular complexity index is 1090. The molecule has 4 aromatic rings. The van der Waals surface area contributed by atoms with Gasteiger partial charge < -0.3 is 4.98 Å². The molecule has 0 aliphatic carbocycles. The highest BCUT2D eigenvalue weighted by Crippen LogP contribution is 2.29. The van der Waals surface area contributed by atoms with E-state index in [0.717, 1.165) is 17.4 Å². The third-order valence-corrected chi connectivity index (χ3v) is 4.21. The summed E-state index contributed by atoms with van der Waals surface area (Å²) in [5, 5.41) is 0. The van der Waals surface area contributed by atoms with E-state index < -0.39 is 11.9 Å². The number of alkyl halides is 3. The van der Waals surface area contributed by atoms with Crippen molar-refractivity contribution in [3.05, 3.63) is 52.0 Å². The van der Waals surface area contributed by atoms with Crippen molar-refractivity contribution < 1.29 is 13.2 Å². The van der Waals surface area contributed by atoms with Crippen LogP contribution in [0.2, 0.25) is 0 Å². The van der Waals surface area contributed by atoms with Crippen molar-refractivity contribution in [3.63, 3.8) is 0 Å². The summed E-state index contributed by atoms with van der Waals surface area (Å²) in [4.78, 5) is 21.6. The lowest BCUT2D eigenvalue weighted by Crippen LogP contribution is -2.08. The van der Waals surface area contributed by atoms with E-state index >= 15 is 0 Å². The predicted octanol–water partition coefficient (Wildman–Crippen LogP) is 3.34. The Kier molecular flexibility index (Phi) is 2.82. The lowest BCUT2D eigenvalue weighted by atomic mass is 10.3. The molecule has 0 aliphatic rings. The van der Waals surface area contributed by atoms with Crippen LogP contribution in [0.25, 0.3) is 27.1 Å². The van der Waals surface area contributed by atoms with Crippen LogP contribution in [0.4, 0.5) is 13.2 Å². The Morgan fingerprint density at radius 3 is 2.78 bits per heavy atom. The number of hydrogen-bond acceptors (Lipinski definition) is 4. The Morgan fingerprint density at radius 2 is 2.00 bits per heavy atom. The fraction of sp³-hybridized carbons (Fsp3) is 0.0714. The van der Waals surface area contributed by atoms with Gasteiger partial charge in [-0.05, 0) is 30.3 Å². The molecular formula is C14H7F3N4OS. The second-order valence-electron chi connectivity index (χ2n) is 4.85. The summed E-state index contributed by atoms with van der Waals surface area (Å²) in [6, 6.07) is 7.28. The van der Waals surface area contributed by atoms with Crippen molar-refractivity contribution in [3.8, 4) is 5.69 Å². The minimum Gasteiger partial charge on any atom is -0.312 e. The van der Waals surface area contributed by atoms with Gasteiger partial charge in [0.15, 0.2) is 5.65 Å². The number of aromatic amines is 1. The van der Waals surface area contributed by atoms with Gasteiger partial charge in [-0.15, -0.1) is 0 Å². The maximum absolute atomic E-state index is 12.8. The first kappa shape index (κ1) is 13.9. The van der Waals surface area contributed by atoms with Crippen LogP contribution >= 0.6 is 11.3 Å². The highest BCUT2D eigenvalue weighted by Gasteiger charge is 2.33. The number of nitrogens with zero attached hydrogens (tertiary/aromatic N) is 3. The van der Waals surface area contributed by atoms with Crippen molar-refractivity contribution in [1.29, 1.82) is 0 Å². The van der Waals surface area contributed by atoms with E-state index in [1.165, 1.54) is 17.0 Å². The summed E-state index contributed by atoms with van der Waals surface area (Å²) in [5.41, 5.74) is 0.765. The van der Waals surface area contributed by atoms with Gasteiger partial charge in [0.2, 0.25) is 0 Å². The molecule has 1 N–H and O–H groups in total. The van der Waals surface area contributed by atoms with Crippen LogP contribution in [0.1, 0.15) is 5.69 Å². The number of imidazole rings is 1. The Labute approximate surface area is 130 Å². The van der Waals surface area contributed by atoms with Crippen molar-refractivity contribution in [1.82, 2.24) is 19.5 Å². The van der Waals surface area contributed by atoms with Gasteiger partial charge in [-0.2, -0.15) is 13.2 Å². The van der Waals surface area contributed by atoms with E-state index in [9.17, 15) is 18.0 Å². The predicted molar refractivity (Wildman–Crippen MR) is 79.9 cm³/mol. The van der Waals surface area contributed by atoms with Crippen LogP contribution in [0, 0.1) is 0 Å². The SMILES string of the molecule is O=c1[nH]c2ccc(-n3cnc4ccc(C(F)(F)F)nc43)cc2s1. The lowest BCUT2D eigenvalue weighted by Gasteiger charge is -2.07. The summed E-state index contributed by atoms with van der Waals surface area (Å²) in [6.45, 7) is 0. The molecule has 0 unspecified atom stereocenters. The highest BCUT2D eigenvalue weighted by atomic mass is 32.1. The summed E-state index contributed by atoms with van der Waals surface area (Å²) >= 11 is 1.03. The summed E-state index contributed by atoms with van der Waals surface area (Å²) in [7, 11) is 0. The highest BCUT2D eigenvalue weighted by molar-refractivity contribution is 7.16. The van der Waals surface area contributed by atoms with Crippen LogP contribution in [0.5, 0.6) is 0 Å². The first-order valence-corrected chi connectivity index (χ1v) is 7.28. The van der Waals surface area contributed by atoms with Crippen molar-refractivity contribution in [2.45, 2.75) is 6.18 Å². The molecule has 4 rings (SSSR count). The smallest absolute Gasteiger partial charge is 0.312 e. The number of pyridine rings is 1. The molecule has 0 saturated heterocycles. The van der Waals surface area contributed by atoms with Crippen molar-refractivity contribution in [2.75, 3.05) is 0 Å². The first-order chi connectivity index (χ1) is 10.9. The third kappa shape index (κ3) is 2.29. The van der Waals surface area contributed by atoms with Crippen LogP contribution < -0.4 is 4.87 Å². The molecule has 3 aromatic heterocycles. The minimum absolute atomic E-state index is 0.113. The Balaban J connectivity index is 1.94. The first-order valence-electron chi connectivity index (χ1n) is 6.46. The fourth-order valence-corrected chi connectivity index (χ4v) is 3.09. The molecule has 3 heterocycles. The monoisotopic (exact) mass is 336 g/mol. The Hall–Kier alpha value is -2.68. The van der Waals surface area contributed by atoms with Crippen LogP contribution in [0.3, 0.4) is 0 Å². The van der Waals surface area contributed by atoms with E-state index in [4.69, 9.17) is 0 Å². The second-order valence-corrected chi connectivity index (χ2v) is 5.86. The van der Waals surface area contributed by atoms with Gasteiger partial charge in [0.05, 0.1) is 15.9 Å². The van der Waals surface area contributed by atoms with Gasteiger partial charge in [-0.1, -0.05) is 11.3 Å². The van der Waals surface area contributed by atoms with E-state index in [2.05, 4.69) is 15.0 Å². The zero-order valence-corrected chi connectivity index (χ0v) is 12.1. The zero-order chi connectivity index (χ0) is 16.2. The zero-order valence-electron chi connectivity index (χ0n) is 11.3. The number of halogens is 3. The molecule has 5 nitrogen and oxygen atoms in total. The largest absolute Gasteiger partial charge is 0.433 e. The number of fused-ring (bicyclic) bond motifs is 2. The number of rotatable bonds is 1. The van der Waals surface area contributed by atoms with Crippen LogP contribution in [-0.2, 0) is 6.18 Å². The standard InChI is InChI=1S/C14H7F3N4OS/c15-14(16,17)11-4-3-9-12(20-11)21(6-18-9)7-1-2-8-10(5-7)23-13(22)19-8/h1-6H,(H,19,22). The molecule has 23 heavy (non-hydrogen) atoms. The number of hydrogen-bond donors (Lipinski definition) is 1. The molecule has 9 heteroatoms. The normalized spacial score (nSPS) is 12.3. The number of H-pyrrole nitrogens is 1. The van der Waals surface area contributed by atoms with Gasteiger partial charge in [0.1, 0.15) is 17.5 Å². The Morgan fingerprint density at radius 1 is 1.17 bits per heavy atom. The van der Waals surface area contributed by atoms with Crippen molar-refractivity contribution >= 4 is 32.7 Å². The van der Waals surface area contributed by atoms with Gasteiger partial charge in [0.25, 0.3) is 0 Å². The number of nitrogens with one attached hydrogen (secondary N) is 1. The lowest BCUT2D eigenvalue weighted by molar-refractivity contribution is -0.141. The van der Waals surface area contributed by atoms with Gasteiger partial charge in [0, 0.05) is 0 Å². The average Bonchev–Trinajstić information content (AvgIpc) is 3.06. The molecule has 0 spiro atoms. The van der Waals surface area contributed by atoms with E-state index in [-0.39, 0.29) is 10.5 Å². The molecule has 116 valence electrons. The molecule has 0 atom stereocenters. The van der Waals surface area contributed by atoms with Gasteiger partial charge in [-0.25, -0.2) is 9.97 Å². The van der Waals surface area contributed by atoms with E-state index in [1.54, 1.807) is 18.2 Å². The molecule has 0 saturated carbocycles. The number of benzene rings is 1. The van der Waals surface area contributed by atoms with Gasteiger partial charge >= 0.3 is 11.0 Å². The molecular weight excluding hydrogens is 329 g/mol. The molecule has 0 amide bonds. The van der Waals surface area contributed by atoms with E-state index in [1.807, 2.05) is 0 Å². The molecule has 0 bridgehead atoms. The van der Waals surface area contributed by atoms with Crippen LogP contribution in [0.15, 0.2) is 41.5 Å². The number of thiazole rings is 1. The maximum atomic E-state index is 12.8. The van der Waals surface area contributed by atoms with Crippen LogP contribution in [-0.4, -0.2) is 19.5 Å². The fourth-order valence-electron chi connectivity index (χ4n) is 2.32. The topological polar surface area (TPSA) is 63.6 Å². The molecule has 0 aliphatic heterocycles. The third-order valence-electron chi connectivity index (χ3n) is 3.37. The second kappa shape index (κ2) is 4.66. The minimum atomic E-state index is -4.52.